The van der Waals surface area contributed by atoms with E-state index in [0.29, 0.717) is 22.8 Å². The van der Waals surface area contributed by atoms with Gasteiger partial charge in [-0.05, 0) is 37.6 Å². The normalized spacial score (nSPS) is 10.8. The van der Waals surface area contributed by atoms with Crippen LogP contribution in [0.1, 0.15) is 19.4 Å². The highest BCUT2D eigenvalue weighted by molar-refractivity contribution is 7.21. The lowest BCUT2D eigenvalue weighted by atomic mass is 10.2. The molecule has 1 aromatic heterocycles. The molecule has 0 bridgehead atoms. The number of nitrogens with one attached hydrogen (secondary N) is 1. The van der Waals surface area contributed by atoms with Crippen LogP contribution in [0.2, 0.25) is 0 Å². The van der Waals surface area contributed by atoms with Gasteiger partial charge >= 0.3 is 0 Å². The lowest BCUT2D eigenvalue weighted by Crippen LogP contribution is -2.24. The minimum Gasteiger partial charge on any atom is -0.367 e. The lowest BCUT2D eigenvalue weighted by molar-refractivity contribution is -0.121. The molecule has 2 aromatic carbocycles. The second kappa shape index (κ2) is 9.43. The topological polar surface area (TPSA) is 71.5 Å². The van der Waals surface area contributed by atoms with E-state index in [1.165, 1.54) is 11.3 Å². The summed E-state index contributed by atoms with van der Waals surface area (Å²) >= 11 is 1.47. The molecule has 0 fully saturated rings. The molecule has 6 nitrogen and oxygen atoms in total. The molecule has 0 atom stereocenters. The molecule has 0 aliphatic heterocycles. The van der Waals surface area contributed by atoms with Crippen LogP contribution in [-0.2, 0) is 16.1 Å². The predicted molar refractivity (Wildman–Crippen MR) is 114 cm³/mol. The summed E-state index contributed by atoms with van der Waals surface area (Å²) in [6.45, 7) is 5.97. The highest BCUT2D eigenvalue weighted by Crippen LogP contribution is 2.25. The third-order valence-electron chi connectivity index (χ3n) is 4.27. The Balaban J connectivity index is 1.66. The minimum absolute atomic E-state index is 0.0566. The van der Waals surface area contributed by atoms with Crippen molar-refractivity contribution in [2.45, 2.75) is 20.5 Å². The van der Waals surface area contributed by atoms with Crippen LogP contribution < -0.4 is 15.8 Å². The first-order valence-corrected chi connectivity index (χ1v) is 10.0. The zero-order chi connectivity index (χ0) is 19.9. The summed E-state index contributed by atoms with van der Waals surface area (Å²) in [5.41, 5.74) is 1.28. The fraction of sp³-hybridized carbons (Fsp3) is 0.286. The number of amides is 1. The fourth-order valence-corrected chi connectivity index (χ4v) is 3.90. The number of aromatic nitrogens is 1. The zero-order valence-corrected chi connectivity index (χ0v) is 16.8. The number of hydrogen-bond acceptors (Lipinski definition) is 6. The number of ether oxygens (including phenoxy) is 1. The van der Waals surface area contributed by atoms with Crippen LogP contribution in [0.4, 0.5) is 10.8 Å². The van der Waals surface area contributed by atoms with E-state index in [9.17, 15) is 9.59 Å². The molecule has 0 radical (unpaired) electrons. The summed E-state index contributed by atoms with van der Waals surface area (Å²) in [5.74, 6) is -0.265. The number of hydrogen-bond donors (Lipinski definition) is 1. The third kappa shape index (κ3) is 4.94. The average Bonchev–Trinajstić information content (AvgIpc) is 2.70. The van der Waals surface area contributed by atoms with E-state index < -0.39 is 0 Å². The fourth-order valence-electron chi connectivity index (χ4n) is 2.79. The van der Waals surface area contributed by atoms with Crippen LogP contribution in [0.15, 0.2) is 53.3 Å². The lowest BCUT2D eigenvalue weighted by Gasteiger charge is -2.18. The molecule has 0 spiro atoms. The van der Waals surface area contributed by atoms with Gasteiger partial charge in [0.15, 0.2) is 5.13 Å². The van der Waals surface area contributed by atoms with Crippen molar-refractivity contribution >= 4 is 38.1 Å². The molecule has 3 aromatic rings. The van der Waals surface area contributed by atoms with Gasteiger partial charge in [-0.1, -0.05) is 41.7 Å². The zero-order valence-electron chi connectivity index (χ0n) is 16.0. The molecule has 1 amide bonds. The predicted octanol–water partition coefficient (Wildman–Crippen LogP) is 3.66. The van der Waals surface area contributed by atoms with E-state index >= 15 is 0 Å². The molecular weight excluding hydrogens is 374 g/mol. The molecule has 0 unspecified atom stereocenters. The van der Waals surface area contributed by atoms with E-state index in [2.05, 4.69) is 10.3 Å². The molecule has 1 N–H and O–H groups in total. The Kier molecular flexibility index (Phi) is 6.73. The first-order valence-electron chi connectivity index (χ1n) is 9.22. The van der Waals surface area contributed by atoms with Crippen LogP contribution >= 0.6 is 11.3 Å². The van der Waals surface area contributed by atoms with Crippen LogP contribution in [0.5, 0.6) is 0 Å². The minimum atomic E-state index is -0.285. The van der Waals surface area contributed by atoms with Crippen molar-refractivity contribution in [1.82, 2.24) is 4.98 Å². The molecule has 7 heteroatoms. The number of rotatable bonds is 8. The van der Waals surface area contributed by atoms with Crippen LogP contribution in [0.3, 0.4) is 0 Å². The van der Waals surface area contributed by atoms with E-state index in [-0.39, 0.29) is 18.1 Å². The number of fused-ring (bicyclic) bond motifs is 1. The molecule has 146 valence electrons. The Bertz CT molecular complexity index is 1000. The summed E-state index contributed by atoms with van der Waals surface area (Å²) in [5, 5.41) is 3.99. The summed E-state index contributed by atoms with van der Waals surface area (Å²) in [7, 11) is 0. The van der Waals surface area contributed by atoms with Gasteiger partial charge in [-0.15, -0.1) is 0 Å². The largest absolute Gasteiger partial charge is 0.367 e. The van der Waals surface area contributed by atoms with Crippen molar-refractivity contribution in [1.29, 1.82) is 0 Å². The van der Waals surface area contributed by atoms with E-state index in [1.54, 1.807) is 12.1 Å². The van der Waals surface area contributed by atoms with Crippen molar-refractivity contribution in [3.05, 3.63) is 64.4 Å². The molecule has 0 saturated heterocycles. The summed E-state index contributed by atoms with van der Waals surface area (Å²) < 4.78 is 6.29. The number of nitrogens with zero attached hydrogens (tertiary/aromatic N) is 2. The summed E-state index contributed by atoms with van der Waals surface area (Å²) in [6.07, 6.45) is 0. The Morgan fingerprint density at radius 1 is 1.14 bits per heavy atom. The van der Waals surface area contributed by atoms with E-state index in [4.69, 9.17) is 4.74 Å². The smallest absolute Gasteiger partial charge is 0.281 e. The molecular formula is C21H23N3O3S. The van der Waals surface area contributed by atoms with Gasteiger partial charge in [-0.3, -0.25) is 9.59 Å². The molecule has 0 aliphatic carbocycles. The van der Waals surface area contributed by atoms with Gasteiger partial charge in [-0.25, -0.2) is 0 Å². The Hall–Kier alpha value is -2.77. The van der Waals surface area contributed by atoms with Gasteiger partial charge in [0, 0.05) is 23.5 Å². The monoisotopic (exact) mass is 397 g/mol. The first-order chi connectivity index (χ1) is 13.6. The standard InChI is InChI=1S/C21H23N3O3S/c1-3-24(4-2)21-23-20(26)17-12-16(10-11-18(17)28-21)22-19(25)14-27-13-15-8-6-5-7-9-15/h5-12H,3-4,13-14H2,1-2H3,(H,22,25). The van der Waals surface area contributed by atoms with Gasteiger partial charge in [-0.2, -0.15) is 4.98 Å². The second-order valence-corrected chi connectivity index (χ2v) is 7.22. The van der Waals surface area contributed by atoms with E-state index in [0.717, 1.165) is 23.4 Å². The SMILES string of the molecule is CCN(CC)c1nc(=O)c2cc(NC(=O)COCc3ccccc3)ccc2s1. The molecule has 1 heterocycles. The maximum Gasteiger partial charge on any atom is 0.281 e. The highest BCUT2D eigenvalue weighted by atomic mass is 32.1. The Morgan fingerprint density at radius 2 is 1.89 bits per heavy atom. The highest BCUT2D eigenvalue weighted by Gasteiger charge is 2.11. The number of benzene rings is 2. The maximum absolute atomic E-state index is 12.4. The van der Waals surface area contributed by atoms with Gasteiger partial charge in [0.05, 0.1) is 12.0 Å². The van der Waals surface area contributed by atoms with Crippen molar-refractivity contribution in [2.75, 3.05) is 29.9 Å². The Labute approximate surface area is 167 Å². The van der Waals surface area contributed by atoms with E-state index in [1.807, 2.05) is 55.1 Å². The summed E-state index contributed by atoms with van der Waals surface area (Å²) in [6, 6.07) is 15.0. The van der Waals surface area contributed by atoms with Gasteiger partial charge < -0.3 is 15.0 Å². The molecule has 0 saturated carbocycles. The Morgan fingerprint density at radius 3 is 2.61 bits per heavy atom. The molecule has 3 rings (SSSR count). The number of carbonyl (C=O) groups is 1. The molecule has 28 heavy (non-hydrogen) atoms. The van der Waals surface area contributed by atoms with Crippen molar-refractivity contribution in [3.63, 3.8) is 0 Å². The van der Waals surface area contributed by atoms with Crippen molar-refractivity contribution in [3.8, 4) is 0 Å². The number of carbonyl (C=O) groups excluding carboxylic acids is 1. The van der Waals surface area contributed by atoms with Crippen LogP contribution in [0.25, 0.3) is 10.1 Å². The first kappa shape index (κ1) is 20.0. The molecule has 0 aliphatic rings. The summed E-state index contributed by atoms with van der Waals surface area (Å²) in [4.78, 5) is 30.8. The van der Waals surface area contributed by atoms with Crippen LogP contribution in [-0.4, -0.2) is 30.6 Å². The van der Waals surface area contributed by atoms with Crippen molar-refractivity contribution < 1.29 is 9.53 Å². The van der Waals surface area contributed by atoms with Gasteiger partial charge in [0.2, 0.25) is 5.91 Å². The maximum atomic E-state index is 12.4. The number of anilines is 2. The average molecular weight is 398 g/mol. The van der Waals surface area contributed by atoms with Gasteiger partial charge in [0.25, 0.3) is 5.56 Å². The quantitative estimate of drug-likeness (QED) is 0.628. The van der Waals surface area contributed by atoms with Crippen LogP contribution in [0, 0.1) is 0 Å². The van der Waals surface area contributed by atoms with Gasteiger partial charge in [0.1, 0.15) is 6.61 Å². The third-order valence-corrected chi connectivity index (χ3v) is 5.38. The second-order valence-electron chi connectivity index (χ2n) is 6.21. The van der Waals surface area contributed by atoms with Crippen molar-refractivity contribution in [2.24, 2.45) is 0 Å².